The number of amides is 2. The second-order valence-electron chi connectivity index (χ2n) is 15.1. The summed E-state index contributed by atoms with van der Waals surface area (Å²) in [5, 5.41) is 12.0. The first-order valence-corrected chi connectivity index (χ1v) is 19.7. The minimum Gasteiger partial charge on any atom is -0.465 e. The maximum atomic E-state index is 14.9. The van der Waals surface area contributed by atoms with Gasteiger partial charge in [0.25, 0.3) is 5.91 Å². The molecule has 0 spiro atoms. The molecule has 4 saturated heterocycles. The summed E-state index contributed by atoms with van der Waals surface area (Å²) in [6, 6.07) is 14.1. The van der Waals surface area contributed by atoms with Gasteiger partial charge in [-0.3, -0.25) is 4.79 Å². The smallest absolute Gasteiger partial charge is 0.404 e. The van der Waals surface area contributed by atoms with Crippen molar-refractivity contribution in [2.45, 2.75) is 60.1 Å². The molecule has 0 aromatic heterocycles. The third-order valence-electron chi connectivity index (χ3n) is 12.3. The van der Waals surface area contributed by atoms with E-state index in [1.54, 1.807) is 18.2 Å². The normalized spacial score (nSPS) is 25.2. The molecule has 2 N–H and O–H groups in total. The zero-order valence-electron chi connectivity index (χ0n) is 28.6. The molecule has 3 atom stereocenters. The standard InChI is InChI=1S/C38H48FN5O5S/c1-2-36(45)44-24-33(25-44)50(48,49)32-12-10-31(11-13-32)43-22-27(23-43)21-41-18-14-28(15-19-41)38(26-42-16-5-17-42,29-6-3-7-30(39)20-29)34-8-4-9-35(34)40-37(46)47/h1,3,6-7,10-13,20,27-28,33-35,40H,4-5,8-9,14-19,21-26H2,(H,46,47)/t34-,35-,38?/m0/s1. The molecule has 268 valence electrons. The monoisotopic (exact) mass is 705 g/mol. The molecule has 4 heterocycles. The number of carboxylic acid groups (broad SMARTS) is 1. The number of terminal acetylenes is 1. The molecule has 1 saturated carbocycles. The fourth-order valence-electron chi connectivity index (χ4n) is 9.51. The first kappa shape index (κ1) is 34.8. The number of rotatable bonds is 11. The van der Waals surface area contributed by atoms with E-state index >= 15 is 0 Å². The van der Waals surface area contributed by atoms with E-state index in [-0.39, 0.29) is 41.2 Å². The Morgan fingerprint density at radius 1 is 0.940 bits per heavy atom. The van der Waals surface area contributed by atoms with Gasteiger partial charge in [0.05, 0.1) is 4.90 Å². The number of benzene rings is 2. The van der Waals surface area contributed by atoms with Gasteiger partial charge in [-0.25, -0.2) is 17.6 Å². The predicted molar refractivity (Wildman–Crippen MR) is 189 cm³/mol. The summed E-state index contributed by atoms with van der Waals surface area (Å²) in [5.41, 5.74) is 1.69. The van der Waals surface area contributed by atoms with Gasteiger partial charge in [0.2, 0.25) is 0 Å². The van der Waals surface area contributed by atoms with Crippen LogP contribution in [-0.2, 0) is 20.0 Å². The number of nitrogens with one attached hydrogen (secondary N) is 1. The third kappa shape index (κ3) is 6.72. The Bertz CT molecular complexity index is 1710. The van der Waals surface area contributed by atoms with Crippen molar-refractivity contribution >= 4 is 27.5 Å². The molecule has 1 aliphatic carbocycles. The average molecular weight is 706 g/mol. The van der Waals surface area contributed by atoms with Crippen molar-refractivity contribution < 1.29 is 27.5 Å². The van der Waals surface area contributed by atoms with Crippen LogP contribution in [-0.4, -0.2) is 117 Å². The van der Waals surface area contributed by atoms with Crippen molar-refractivity contribution in [2.24, 2.45) is 17.8 Å². The van der Waals surface area contributed by atoms with E-state index in [2.05, 4.69) is 26.1 Å². The number of nitrogens with zero attached hydrogens (tertiary/aromatic N) is 4. The molecule has 2 aromatic rings. The lowest BCUT2D eigenvalue weighted by atomic mass is 9.57. The highest BCUT2D eigenvalue weighted by Crippen LogP contribution is 2.51. The van der Waals surface area contributed by atoms with Gasteiger partial charge in [-0.15, -0.1) is 6.42 Å². The van der Waals surface area contributed by atoms with Gasteiger partial charge < -0.3 is 30.0 Å². The minimum absolute atomic E-state index is 0.111. The Hall–Kier alpha value is -3.66. The number of hydrogen-bond donors (Lipinski definition) is 2. The van der Waals surface area contributed by atoms with Gasteiger partial charge >= 0.3 is 6.09 Å². The summed E-state index contributed by atoms with van der Waals surface area (Å²) in [6.45, 7) is 7.89. The lowest BCUT2D eigenvalue weighted by molar-refractivity contribution is -0.128. The first-order chi connectivity index (χ1) is 24.1. The first-order valence-electron chi connectivity index (χ1n) is 18.1. The Balaban J connectivity index is 0.977. The van der Waals surface area contributed by atoms with Gasteiger partial charge in [0, 0.05) is 62.3 Å². The van der Waals surface area contributed by atoms with Crippen LogP contribution in [0.4, 0.5) is 14.9 Å². The molecular formula is C38H48FN5O5S. The number of hydrogen-bond acceptors (Lipinski definition) is 7. The summed E-state index contributed by atoms with van der Waals surface area (Å²) in [7, 11) is -3.53. The summed E-state index contributed by atoms with van der Waals surface area (Å²) >= 11 is 0. The number of likely N-dealkylation sites (tertiary alicyclic amines) is 3. The Labute approximate surface area is 294 Å². The van der Waals surface area contributed by atoms with Crippen LogP contribution in [0.1, 0.15) is 44.1 Å². The molecule has 12 heteroatoms. The Morgan fingerprint density at radius 2 is 1.66 bits per heavy atom. The summed E-state index contributed by atoms with van der Waals surface area (Å²) in [4.78, 5) is 32.5. The van der Waals surface area contributed by atoms with Gasteiger partial charge in [-0.2, -0.15) is 0 Å². The molecule has 50 heavy (non-hydrogen) atoms. The largest absolute Gasteiger partial charge is 0.465 e. The van der Waals surface area contributed by atoms with Crippen LogP contribution in [0.5, 0.6) is 0 Å². The summed E-state index contributed by atoms with van der Waals surface area (Å²) in [5.74, 6) is 2.26. The van der Waals surface area contributed by atoms with Crippen molar-refractivity contribution in [3.05, 3.63) is 59.9 Å². The number of sulfone groups is 1. The molecule has 0 radical (unpaired) electrons. The van der Waals surface area contributed by atoms with Crippen LogP contribution in [0.3, 0.4) is 0 Å². The van der Waals surface area contributed by atoms with E-state index < -0.39 is 27.1 Å². The second kappa shape index (κ2) is 14.2. The highest BCUT2D eigenvalue weighted by atomic mass is 32.2. The molecule has 1 unspecified atom stereocenters. The van der Waals surface area contributed by atoms with Crippen molar-refractivity contribution in [1.82, 2.24) is 20.0 Å². The minimum atomic E-state index is -3.53. The van der Waals surface area contributed by atoms with E-state index in [1.807, 2.05) is 24.1 Å². The van der Waals surface area contributed by atoms with Gasteiger partial charge in [-0.05, 0) is 118 Å². The third-order valence-corrected chi connectivity index (χ3v) is 14.4. The number of anilines is 1. The van der Waals surface area contributed by atoms with Crippen molar-refractivity contribution in [2.75, 3.05) is 70.3 Å². The van der Waals surface area contributed by atoms with Crippen LogP contribution >= 0.6 is 0 Å². The van der Waals surface area contributed by atoms with Gasteiger partial charge in [0.1, 0.15) is 11.1 Å². The van der Waals surface area contributed by atoms with Crippen LogP contribution < -0.4 is 10.2 Å². The quantitative estimate of drug-likeness (QED) is 0.341. The predicted octanol–water partition coefficient (Wildman–Crippen LogP) is 3.67. The average Bonchev–Trinajstić information content (AvgIpc) is 3.49. The van der Waals surface area contributed by atoms with E-state index in [4.69, 9.17) is 6.42 Å². The highest BCUT2D eigenvalue weighted by molar-refractivity contribution is 7.92. The fourth-order valence-corrected chi connectivity index (χ4v) is 11.2. The number of carbonyl (C=O) groups excluding carboxylic acids is 1. The maximum absolute atomic E-state index is 14.9. The van der Waals surface area contributed by atoms with Crippen LogP contribution in [0.25, 0.3) is 0 Å². The van der Waals surface area contributed by atoms with Crippen LogP contribution in [0.2, 0.25) is 0 Å². The lowest BCUT2D eigenvalue weighted by Crippen LogP contribution is -2.60. The van der Waals surface area contributed by atoms with E-state index in [0.29, 0.717) is 11.8 Å². The van der Waals surface area contributed by atoms with Crippen molar-refractivity contribution in [3.8, 4) is 12.3 Å². The zero-order valence-corrected chi connectivity index (χ0v) is 29.4. The number of carbonyl (C=O) groups is 2. The highest BCUT2D eigenvalue weighted by Gasteiger charge is 2.53. The molecular weight excluding hydrogens is 658 g/mol. The second-order valence-corrected chi connectivity index (χ2v) is 17.4. The molecule has 10 nitrogen and oxygen atoms in total. The van der Waals surface area contributed by atoms with Gasteiger partial charge in [-0.1, -0.05) is 18.6 Å². The van der Waals surface area contributed by atoms with E-state index in [1.165, 1.54) is 11.0 Å². The summed E-state index contributed by atoms with van der Waals surface area (Å²) < 4.78 is 41.0. The van der Waals surface area contributed by atoms with E-state index in [0.717, 1.165) is 102 Å². The Morgan fingerprint density at radius 3 is 2.28 bits per heavy atom. The number of halogens is 1. The fraction of sp³-hybridized carbons (Fsp3) is 0.579. The van der Waals surface area contributed by atoms with Crippen LogP contribution in [0.15, 0.2) is 53.4 Å². The molecule has 0 bridgehead atoms. The lowest BCUT2D eigenvalue weighted by Gasteiger charge is -2.54. The topological polar surface area (TPSA) is 114 Å². The van der Waals surface area contributed by atoms with Gasteiger partial charge in [0.15, 0.2) is 9.84 Å². The molecule has 4 aliphatic heterocycles. The SMILES string of the molecule is C#CC(=O)N1CC(S(=O)(=O)c2ccc(N3CC(CN4CCC(C(CN5CCC5)(c5cccc(F)c5)[C@H]5CCC[C@@H]5NC(=O)O)CC4)C3)cc2)C1. The molecule has 5 fully saturated rings. The number of piperidine rings is 1. The molecule has 7 rings (SSSR count). The maximum Gasteiger partial charge on any atom is 0.404 e. The zero-order chi connectivity index (χ0) is 35.0. The Kier molecular flexibility index (Phi) is 9.85. The van der Waals surface area contributed by atoms with Crippen LogP contribution in [0, 0.1) is 35.9 Å². The van der Waals surface area contributed by atoms with E-state index in [9.17, 15) is 27.5 Å². The molecule has 2 aromatic carbocycles. The summed E-state index contributed by atoms with van der Waals surface area (Å²) in [6.07, 6.45) is 10.0. The molecule has 5 aliphatic rings. The van der Waals surface area contributed by atoms with Crippen molar-refractivity contribution in [3.63, 3.8) is 0 Å². The molecule has 2 amide bonds. The van der Waals surface area contributed by atoms with Crippen molar-refractivity contribution in [1.29, 1.82) is 0 Å².